The van der Waals surface area contributed by atoms with Crippen molar-refractivity contribution < 1.29 is 9.53 Å². The lowest BCUT2D eigenvalue weighted by molar-refractivity contribution is 0.0988. The van der Waals surface area contributed by atoms with E-state index in [0.29, 0.717) is 17.3 Å². The normalized spacial score (nSPS) is 10.9. The van der Waals surface area contributed by atoms with Crippen LogP contribution in [0.3, 0.4) is 0 Å². The molecule has 1 heterocycles. The summed E-state index contributed by atoms with van der Waals surface area (Å²) in [5, 5.41) is 4.18. The highest BCUT2D eigenvalue weighted by Crippen LogP contribution is 2.20. The average Bonchev–Trinajstić information content (AvgIpc) is 2.85. The first-order valence-electron chi connectivity index (χ1n) is 7.05. The minimum Gasteiger partial charge on any atom is -0.496 e. The molecule has 0 radical (unpaired) electrons. The van der Waals surface area contributed by atoms with Crippen molar-refractivity contribution in [3.05, 3.63) is 41.5 Å². The highest BCUT2D eigenvalue weighted by Gasteiger charge is 2.14. The summed E-state index contributed by atoms with van der Waals surface area (Å²) in [7, 11) is 1.61. The van der Waals surface area contributed by atoms with Gasteiger partial charge in [-0.05, 0) is 24.5 Å². The van der Waals surface area contributed by atoms with Crippen LogP contribution in [0.25, 0.3) is 0 Å². The maximum absolute atomic E-state index is 12.4. The maximum atomic E-state index is 12.4. The zero-order chi connectivity index (χ0) is 15.4. The monoisotopic (exact) mass is 287 g/mol. The predicted octanol–water partition coefficient (Wildman–Crippen LogP) is 2.68. The number of hydrogen-bond donors (Lipinski definition) is 0. The number of nitrogens with zero attached hydrogens (tertiary/aromatic N) is 3. The molecule has 0 atom stereocenters. The van der Waals surface area contributed by atoms with Gasteiger partial charge < -0.3 is 4.74 Å². The van der Waals surface area contributed by atoms with Crippen LogP contribution in [0, 0.1) is 12.8 Å². The minimum absolute atomic E-state index is 0.0197. The molecule has 1 aromatic carbocycles. The van der Waals surface area contributed by atoms with Crippen LogP contribution in [0.15, 0.2) is 24.5 Å². The van der Waals surface area contributed by atoms with Gasteiger partial charge >= 0.3 is 0 Å². The van der Waals surface area contributed by atoms with E-state index in [1.807, 2.05) is 19.1 Å². The second-order valence-corrected chi connectivity index (χ2v) is 5.54. The number of carbonyl (C=O) groups is 1. The van der Waals surface area contributed by atoms with E-state index in [9.17, 15) is 4.79 Å². The highest BCUT2D eigenvalue weighted by atomic mass is 16.5. The van der Waals surface area contributed by atoms with Crippen molar-refractivity contribution >= 4 is 5.78 Å². The molecular formula is C16H21N3O2. The Morgan fingerprint density at radius 3 is 2.81 bits per heavy atom. The zero-order valence-electron chi connectivity index (χ0n) is 13.0. The molecule has 0 saturated carbocycles. The quantitative estimate of drug-likeness (QED) is 0.766. The fourth-order valence-corrected chi connectivity index (χ4v) is 2.16. The van der Waals surface area contributed by atoms with Gasteiger partial charge in [-0.15, -0.1) is 0 Å². The largest absolute Gasteiger partial charge is 0.496 e. The summed E-state index contributed by atoms with van der Waals surface area (Å²) in [5.74, 6) is 1.91. The molecule has 21 heavy (non-hydrogen) atoms. The van der Waals surface area contributed by atoms with Gasteiger partial charge in [-0.2, -0.15) is 5.10 Å². The van der Waals surface area contributed by atoms with Crippen LogP contribution in [-0.2, 0) is 13.0 Å². The van der Waals surface area contributed by atoms with E-state index in [2.05, 4.69) is 23.9 Å². The lowest BCUT2D eigenvalue weighted by Gasteiger charge is -2.09. The Bertz CT molecular complexity index is 632. The van der Waals surface area contributed by atoms with Crippen LogP contribution in [0.2, 0.25) is 0 Å². The molecule has 0 saturated heterocycles. The van der Waals surface area contributed by atoms with Gasteiger partial charge in [-0.25, -0.2) is 9.67 Å². The number of rotatable bonds is 6. The van der Waals surface area contributed by atoms with Gasteiger partial charge in [0.05, 0.1) is 13.5 Å². The summed E-state index contributed by atoms with van der Waals surface area (Å²) < 4.78 is 7.06. The van der Waals surface area contributed by atoms with Gasteiger partial charge in [0.15, 0.2) is 5.78 Å². The van der Waals surface area contributed by atoms with Crippen LogP contribution in [0.4, 0.5) is 0 Å². The van der Waals surface area contributed by atoms with Crippen LogP contribution in [-0.4, -0.2) is 27.7 Å². The highest BCUT2D eigenvalue weighted by molar-refractivity contribution is 5.97. The molecule has 2 rings (SSSR count). The molecule has 0 amide bonds. The SMILES string of the molecule is COc1cc(C(=O)Cc2ncnn2CC(C)C)ccc1C. The minimum atomic E-state index is 0.0197. The fourth-order valence-electron chi connectivity index (χ4n) is 2.16. The molecule has 0 aliphatic carbocycles. The van der Waals surface area contributed by atoms with Gasteiger partial charge in [-0.1, -0.05) is 26.0 Å². The standard InChI is InChI=1S/C16H21N3O2/c1-11(2)9-19-16(17-10-18-19)8-14(20)13-6-5-12(3)15(7-13)21-4/h5-7,10-11H,8-9H2,1-4H3. The zero-order valence-corrected chi connectivity index (χ0v) is 13.0. The number of benzene rings is 1. The molecule has 5 heteroatoms. The predicted molar refractivity (Wildman–Crippen MR) is 80.6 cm³/mol. The molecule has 0 fully saturated rings. The number of hydrogen-bond acceptors (Lipinski definition) is 4. The van der Waals surface area contributed by atoms with Crippen LogP contribution >= 0.6 is 0 Å². The van der Waals surface area contributed by atoms with Gasteiger partial charge in [0.25, 0.3) is 0 Å². The Morgan fingerprint density at radius 1 is 1.38 bits per heavy atom. The van der Waals surface area contributed by atoms with Crippen molar-refractivity contribution in [1.82, 2.24) is 14.8 Å². The number of methoxy groups -OCH3 is 1. The molecule has 0 spiro atoms. The molecule has 2 aromatic rings. The van der Waals surface area contributed by atoms with Crippen molar-refractivity contribution in [2.45, 2.75) is 33.7 Å². The van der Waals surface area contributed by atoms with E-state index in [-0.39, 0.29) is 12.2 Å². The van der Waals surface area contributed by atoms with Crippen molar-refractivity contribution in [2.24, 2.45) is 5.92 Å². The van der Waals surface area contributed by atoms with Crippen LogP contribution in [0.5, 0.6) is 5.75 Å². The first-order valence-corrected chi connectivity index (χ1v) is 7.05. The van der Waals surface area contributed by atoms with Gasteiger partial charge in [0.2, 0.25) is 0 Å². The van der Waals surface area contributed by atoms with E-state index in [4.69, 9.17) is 4.74 Å². The van der Waals surface area contributed by atoms with Crippen molar-refractivity contribution in [2.75, 3.05) is 7.11 Å². The molecular weight excluding hydrogens is 266 g/mol. The topological polar surface area (TPSA) is 57.0 Å². The Kier molecular flexibility index (Phi) is 4.73. The van der Waals surface area contributed by atoms with Crippen molar-refractivity contribution in [1.29, 1.82) is 0 Å². The molecule has 0 aliphatic rings. The van der Waals surface area contributed by atoms with Crippen molar-refractivity contribution in [3.8, 4) is 5.75 Å². The van der Waals surface area contributed by atoms with Crippen molar-refractivity contribution in [3.63, 3.8) is 0 Å². The summed E-state index contributed by atoms with van der Waals surface area (Å²) in [6.07, 6.45) is 1.75. The van der Waals surface area contributed by atoms with E-state index in [1.165, 1.54) is 6.33 Å². The third-order valence-corrected chi connectivity index (χ3v) is 3.28. The van der Waals surface area contributed by atoms with E-state index >= 15 is 0 Å². The lowest BCUT2D eigenvalue weighted by Crippen LogP contribution is -2.14. The summed E-state index contributed by atoms with van der Waals surface area (Å²) in [6, 6.07) is 5.50. The number of carbonyl (C=O) groups excluding carboxylic acids is 1. The number of ether oxygens (including phenoxy) is 1. The Labute approximate surface area is 125 Å². The molecule has 0 N–H and O–H groups in total. The molecule has 0 bridgehead atoms. The van der Waals surface area contributed by atoms with Gasteiger partial charge in [-0.3, -0.25) is 4.79 Å². The first-order chi connectivity index (χ1) is 10.0. The third-order valence-electron chi connectivity index (χ3n) is 3.28. The Balaban J connectivity index is 2.16. The van der Waals surface area contributed by atoms with Gasteiger partial charge in [0.1, 0.15) is 17.9 Å². The van der Waals surface area contributed by atoms with E-state index < -0.39 is 0 Å². The second-order valence-electron chi connectivity index (χ2n) is 5.54. The van der Waals surface area contributed by atoms with Gasteiger partial charge in [0, 0.05) is 12.1 Å². The summed E-state index contributed by atoms with van der Waals surface area (Å²) in [5.41, 5.74) is 1.65. The maximum Gasteiger partial charge on any atom is 0.170 e. The molecule has 5 nitrogen and oxygen atoms in total. The summed E-state index contributed by atoms with van der Waals surface area (Å²) in [6.45, 7) is 6.93. The first kappa shape index (κ1) is 15.2. The van der Waals surface area contributed by atoms with E-state index in [1.54, 1.807) is 17.9 Å². The number of Topliss-reactive ketones (excluding diaryl/α,β-unsaturated/α-hetero) is 1. The smallest absolute Gasteiger partial charge is 0.170 e. The number of aryl methyl sites for hydroxylation is 1. The number of aromatic nitrogens is 3. The summed E-state index contributed by atoms with van der Waals surface area (Å²) >= 11 is 0. The summed E-state index contributed by atoms with van der Waals surface area (Å²) in [4.78, 5) is 16.6. The Hall–Kier alpha value is -2.17. The fraction of sp³-hybridized carbons (Fsp3) is 0.438. The second kappa shape index (κ2) is 6.52. The molecule has 1 aromatic heterocycles. The average molecular weight is 287 g/mol. The molecule has 0 unspecified atom stereocenters. The Morgan fingerprint density at radius 2 is 2.14 bits per heavy atom. The number of ketones is 1. The van der Waals surface area contributed by atoms with Crippen LogP contribution < -0.4 is 4.74 Å². The van der Waals surface area contributed by atoms with E-state index in [0.717, 1.165) is 17.9 Å². The lowest BCUT2D eigenvalue weighted by atomic mass is 10.1. The van der Waals surface area contributed by atoms with Crippen LogP contribution in [0.1, 0.15) is 35.6 Å². The molecule has 0 aliphatic heterocycles. The molecule has 112 valence electrons. The third kappa shape index (κ3) is 3.68.